The Hall–Kier alpha value is -1.31. The van der Waals surface area contributed by atoms with Crippen molar-refractivity contribution >= 4 is 17.5 Å². The van der Waals surface area contributed by atoms with Crippen LogP contribution in [0.1, 0.15) is 42.2 Å². The number of carboxylic acids is 1. The molecule has 3 rings (SSSR count). The first-order valence-electron chi connectivity index (χ1n) is 5.77. The van der Waals surface area contributed by atoms with Crippen LogP contribution in [0.25, 0.3) is 0 Å². The van der Waals surface area contributed by atoms with E-state index in [0.717, 1.165) is 6.07 Å². The molecule has 2 aromatic carbocycles. The molecule has 0 bridgehead atoms. The van der Waals surface area contributed by atoms with Crippen molar-refractivity contribution in [2.24, 2.45) is 0 Å². The van der Waals surface area contributed by atoms with Crippen molar-refractivity contribution in [3.63, 3.8) is 0 Å². The molecule has 0 saturated carbocycles. The van der Waals surface area contributed by atoms with E-state index in [4.69, 9.17) is 0 Å². The third kappa shape index (κ3) is 2.49. The van der Waals surface area contributed by atoms with Gasteiger partial charge in [0.05, 0.1) is 11.5 Å². The number of fused-ring (bicyclic) bond motifs is 2. The second-order valence-electron chi connectivity index (χ2n) is 4.41. The van der Waals surface area contributed by atoms with Crippen molar-refractivity contribution in [2.45, 2.75) is 0 Å². The molecule has 0 radical (unpaired) electrons. The Balaban J connectivity index is 0.00000161. The fourth-order valence-corrected chi connectivity index (χ4v) is 2.30. The van der Waals surface area contributed by atoms with E-state index in [1.165, 1.54) is 30.3 Å². The van der Waals surface area contributed by atoms with Crippen LogP contribution in [-0.4, -0.2) is 22.6 Å². The van der Waals surface area contributed by atoms with Crippen LogP contribution in [0.4, 0.5) is 0 Å². The van der Waals surface area contributed by atoms with E-state index < -0.39 is 17.5 Å². The summed E-state index contributed by atoms with van der Waals surface area (Å²) in [5, 5.41) is 20.6. The maximum Gasteiger partial charge on any atom is 1.00 e. The summed E-state index contributed by atoms with van der Waals surface area (Å²) in [6.07, 6.45) is 0. The molecule has 21 heavy (non-hydrogen) atoms. The molecule has 0 spiro atoms. The maximum absolute atomic E-state index is 12.3. The predicted molar refractivity (Wildman–Crippen MR) is 65.7 cm³/mol. The van der Waals surface area contributed by atoms with E-state index in [1.807, 2.05) is 0 Å². The number of aromatic hydroxyl groups is 1. The first kappa shape index (κ1) is 16.1. The molecule has 1 N–H and O–H groups in total. The number of carbonyl (C=O) groups excluding carboxylic acids is 3. The Morgan fingerprint density at radius 2 is 1.67 bits per heavy atom. The first-order valence-corrected chi connectivity index (χ1v) is 5.77. The third-order valence-electron chi connectivity index (χ3n) is 3.26. The molecule has 1 aliphatic rings. The van der Waals surface area contributed by atoms with Crippen molar-refractivity contribution in [1.29, 1.82) is 0 Å². The van der Waals surface area contributed by atoms with Crippen molar-refractivity contribution < 1.29 is 76.0 Å². The Morgan fingerprint density at radius 3 is 2.33 bits per heavy atom. The zero-order valence-corrected chi connectivity index (χ0v) is 14.2. The summed E-state index contributed by atoms with van der Waals surface area (Å²) in [7, 11) is 0. The zero-order chi connectivity index (χ0) is 14.4. The molecule has 0 aromatic heterocycles. The molecule has 1 aliphatic carbocycles. The number of carboxylic acid groups (broad SMARTS) is 1. The number of benzene rings is 2. The van der Waals surface area contributed by atoms with Crippen LogP contribution in [0.15, 0.2) is 36.4 Å². The van der Waals surface area contributed by atoms with Gasteiger partial charge >= 0.3 is 51.4 Å². The maximum atomic E-state index is 12.3. The summed E-state index contributed by atoms with van der Waals surface area (Å²) in [6.45, 7) is 0. The zero-order valence-electron chi connectivity index (χ0n) is 11.0. The molecule has 0 unspecified atom stereocenters. The number of phenols is 1. The van der Waals surface area contributed by atoms with Crippen LogP contribution >= 0.6 is 0 Å². The van der Waals surface area contributed by atoms with Gasteiger partial charge in [0.1, 0.15) is 5.75 Å². The average Bonchev–Trinajstić information content (AvgIpc) is 2.44. The van der Waals surface area contributed by atoms with E-state index in [-0.39, 0.29) is 85.0 Å². The Kier molecular flexibility index (Phi) is 4.45. The number of rotatable bonds is 1. The summed E-state index contributed by atoms with van der Waals surface area (Å²) in [5.74, 6) is -2.68. The summed E-state index contributed by atoms with van der Waals surface area (Å²) in [5.41, 5.74) is -0.0681. The van der Waals surface area contributed by atoms with Crippen LogP contribution in [0.5, 0.6) is 5.75 Å². The molecular formula is C15H7KO5. The monoisotopic (exact) mass is 306 g/mol. The van der Waals surface area contributed by atoms with Gasteiger partial charge in [-0.1, -0.05) is 18.2 Å². The SMILES string of the molecule is O=C([O-])c1ccc2c(c1)C(=O)c1cccc(O)c1C2=O.[K+]. The Morgan fingerprint density at radius 1 is 0.952 bits per heavy atom. The summed E-state index contributed by atoms with van der Waals surface area (Å²) >= 11 is 0. The van der Waals surface area contributed by atoms with Crippen molar-refractivity contribution in [3.8, 4) is 5.75 Å². The number of ketones is 2. The van der Waals surface area contributed by atoms with E-state index in [2.05, 4.69) is 0 Å². The molecule has 0 fully saturated rings. The normalized spacial score (nSPS) is 12.2. The molecule has 2 aromatic rings. The molecule has 0 atom stereocenters. The van der Waals surface area contributed by atoms with Crippen LogP contribution in [0.2, 0.25) is 0 Å². The predicted octanol–water partition coefficient (Wildman–Crippen LogP) is -2.46. The molecule has 0 aliphatic heterocycles. The van der Waals surface area contributed by atoms with Gasteiger partial charge in [-0.2, -0.15) is 0 Å². The summed E-state index contributed by atoms with van der Waals surface area (Å²) < 4.78 is 0. The van der Waals surface area contributed by atoms with Gasteiger partial charge in [-0.05, 0) is 23.8 Å². The fraction of sp³-hybridized carbons (Fsp3) is 0. The van der Waals surface area contributed by atoms with Gasteiger partial charge in [0.25, 0.3) is 0 Å². The second-order valence-corrected chi connectivity index (χ2v) is 4.41. The molecule has 0 saturated heterocycles. The van der Waals surface area contributed by atoms with Gasteiger partial charge in [0.15, 0.2) is 11.6 Å². The minimum Gasteiger partial charge on any atom is -0.545 e. The van der Waals surface area contributed by atoms with E-state index in [9.17, 15) is 24.6 Å². The molecule has 5 nitrogen and oxygen atoms in total. The van der Waals surface area contributed by atoms with Gasteiger partial charge in [-0.25, -0.2) is 0 Å². The van der Waals surface area contributed by atoms with Crippen molar-refractivity contribution in [3.05, 3.63) is 64.2 Å². The van der Waals surface area contributed by atoms with E-state index >= 15 is 0 Å². The number of aromatic carboxylic acids is 1. The van der Waals surface area contributed by atoms with Crippen LogP contribution in [0.3, 0.4) is 0 Å². The standard InChI is InChI=1S/C15H8O5.K/c16-11-3-1-2-9-12(11)14(18)8-5-4-7(15(19)20)6-10(8)13(9)17;/h1-6,16H,(H,19,20);/q;+1/p-1. The number of carbonyl (C=O) groups is 3. The molecular weight excluding hydrogens is 299 g/mol. The first-order chi connectivity index (χ1) is 9.50. The van der Waals surface area contributed by atoms with Gasteiger partial charge in [0.2, 0.25) is 0 Å². The topological polar surface area (TPSA) is 94.5 Å². The largest absolute Gasteiger partial charge is 1.00 e. The smallest absolute Gasteiger partial charge is 0.545 e. The van der Waals surface area contributed by atoms with Crippen LogP contribution < -0.4 is 56.5 Å². The quantitative estimate of drug-likeness (QED) is 0.503. The van der Waals surface area contributed by atoms with Crippen LogP contribution in [-0.2, 0) is 0 Å². The minimum atomic E-state index is -1.42. The van der Waals surface area contributed by atoms with E-state index in [0.29, 0.717) is 0 Å². The number of hydrogen-bond acceptors (Lipinski definition) is 5. The Labute approximate surface area is 162 Å². The molecule has 98 valence electrons. The van der Waals surface area contributed by atoms with Gasteiger partial charge in [0, 0.05) is 16.7 Å². The minimum absolute atomic E-state index is 0. The fourth-order valence-electron chi connectivity index (χ4n) is 2.30. The van der Waals surface area contributed by atoms with Crippen molar-refractivity contribution in [1.82, 2.24) is 0 Å². The number of phenolic OH excluding ortho intramolecular Hbond substituents is 1. The molecule has 6 heteroatoms. The van der Waals surface area contributed by atoms with Gasteiger partial charge < -0.3 is 15.0 Å². The van der Waals surface area contributed by atoms with Gasteiger partial charge in [-0.3, -0.25) is 9.59 Å². The average molecular weight is 306 g/mol. The van der Waals surface area contributed by atoms with Crippen LogP contribution in [0, 0.1) is 0 Å². The second kappa shape index (κ2) is 5.82. The summed E-state index contributed by atoms with van der Waals surface area (Å²) in [6, 6.07) is 7.78. The molecule has 0 heterocycles. The van der Waals surface area contributed by atoms with Gasteiger partial charge in [-0.15, -0.1) is 0 Å². The summed E-state index contributed by atoms with van der Waals surface area (Å²) in [4.78, 5) is 35.4. The van der Waals surface area contributed by atoms with E-state index in [1.54, 1.807) is 0 Å². The third-order valence-corrected chi connectivity index (χ3v) is 3.26. The molecule has 0 amide bonds. The van der Waals surface area contributed by atoms with Crippen molar-refractivity contribution in [2.75, 3.05) is 0 Å². The number of hydrogen-bond donors (Lipinski definition) is 1. The Bertz CT molecular complexity index is 795.